The predicted octanol–water partition coefficient (Wildman–Crippen LogP) is 5.49. The van der Waals surface area contributed by atoms with Gasteiger partial charge in [0.15, 0.2) is 0 Å². The van der Waals surface area contributed by atoms with E-state index in [1.54, 1.807) is 0 Å². The molecule has 0 aliphatic carbocycles. The average Bonchev–Trinajstić information content (AvgIpc) is 2.32. The molecule has 2 rings (SSSR count). The van der Waals surface area contributed by atoms with Crippen molar-refractivity contribution in [2.24, 2.45) is 0 Å². The number of nitrogens with one attached hydrogen (secondary N) is 1. The number of para-hydroxylation sites is 1. The van der Waals surface area contributed by atoms with Gasteiger partial charge in [0.05, 0.1) is 5.69 Å². The van der Waals surface area contributed by atoms with E-state index in [-0.39, 0.29) is 5.41 Å². The first-order valence-electron chi connectivity index (χ1n) is 6.09. The van der Waals surface area contributed by atoms with E-state index in [1.807, 2.05) is 18.2 Å². The number of halogens is 1. The Bertz CT molecular complexity index is 524. The van der Waals surface area contributed by atoms with Crippen LogP contribution in [-0.2, 0) is 5.41 Å². The number of benzene rings is 2. The van der Waals surface area contributed by atoms with E-state index >= 15 is 0 Å². The first-order chi connectivity index (χ1) is 8.47. The van der Waals surface area contributed by atoms with Crippen molar-refractivity contribution < 1.29 is 0 Å². The lowest BCUT2D eigenvalue weighted by Crippen LogP contribution is -2.10. The summed E-state index contributed by atoms with van der Waals surface area (Å²) in [5, 5.41) is 3.40. The molecule has 18 heavy (non-hydrogen) atoms. The van der Waals surface area contributed by atoms with Crippen molar-refractivity contribution in [3.63, 3.8) is 0 Å². The molecular formula is C16H18BrN. The summed E-state index contributed by atoms with van der Waals surface area (Å²) < 4.78 is 1.07. The van der Waals surface area contributed by atoms with Gasteiger partial charge < -0.3 is 5.32 Å². The van der Waals surface area contributed by atoms with Crippen LogP contribution >= 0.6 is 15.9 Å². The van der Waals surface area contributed by atoms with Crippen molar-refractivity contribution in [3.8, 4) is 0 Å². The molecule has 2 heteroatoms. The van der Waals surface area contributed by atoms with Gasteiger partial charge in [-0.25, -0.2) is 0 Å². The SMILES string of the molecule is CC(C)(C)c1ccc(Nc2ccccc2Br)cc1. The smallest absolute Gasteiger partial charge is 0.0528 e. The maximum Gasteiger partial charge on any atom is 0.0528 e. The fraction of sp³-hybridized carbons (Fsp3) is 0.250. The van der Waals surface area contributed by atoms with Crippen molar-refractivity contribution in [1.82, 2.24) is 0 Å². The summed E-state index contributed by atoms with van der Waals surface area (Å²) in [7, 11) is 0. The zero-order valence-electron chi connectivity index (χ0n) is 11.0. The molecule has 2 aromatic carbocycles. The van der Waals surface area contributed by atoms with Crippen LogP contribution in [0.25, 0.3) is 0 Å². The zero-order valence-corrected chi connectivity index (χ0v) is 12.6. The molecule has 0 heterocycles. The summed E-state index contributed by atoms with van der Waals surface area (Å²) in [6.07, 6.45) is 0. The van der Waals surface area contributed by atoms with Crippen LogP contribution < -0.4 is 5.32 Å². The fourth-order valence-electron chi connectivity index (χ4n) is 1.77. The second-order valence-corrected chi connectivity index (χ2v) is 6.29. The molecule has 0 spiro atoms. The van der Waals surface area contributed by atoms with Gasteiger partial charge in [0, 0.05) is 10.2 Å². The Hall–Kier alpha value is -1.28. The van der Waals surface area contributed by atoms with Crippen molar-refractivity contribution >= 4 is 27.3 Å². The van der Waals surface area contributed by atoms with Crippen molar-refractivity contribution in [1.29, 1.82) is 0 Å². The van der Waals surface area contributed by atoms with E-state index in [1.165, 1.54) is 5.56 Å². The van der Waals surface area contributed by atoms with Crippen LogP contribution in [0.4, 0.5) is 11.4 Å². The largest absolute Gasteiger partial charge is 0.355 e. The lowest BCUT2D eigenvalue weighted by Gasteiger charge is -2.19. The Balaban J connectivity index is 2.19. The minimum absolute atomic E-state index is 0.200. The van der Waals surface area contributed by atoms with Crippen LogP contribution in [0.2, 0.25) is 0 Å². The minimum atomic E-state index is 0.200. The monoisotopic (exact) mass is 303 g/mol. The van der Waals surface area contributed by atoms with Gasteiger partial charge in [-0.1, -0.05) is 45.0 Å². The van der Waals surface area contributed by atoms with Gasteiger partial charge >= 0.3 is 0 Å². The van der Waals surface area contributed by atoms with Crippen LogP contribution in [0, 0.1) is 0 Å². The van der Waals surface area contributed by atoms with Crippen LogP contribution in [0.5, 0.6) is 0 Å². The lowest BCUT2D eigenvalue weighted by atomic mass is 9.87. The molecule has 0 radical (unpaired) electrons. The van der Waals surface area contributed by atoms with Gasteiger partial charge in [-0.15, -0.1) is 0 Å². The number of hydrogen-bond donors (Lipinski definition) is 1. The molecule has 0 saturated carbocycles. The summed E-state index contributed by atoms with van der Waals surface area (Å²) in [6, 6.07) is 16.7. The maximum atomic E-state index is 3.54. The van der Waals surface area contributed by atoms with Crippen LogP contribution in [0.1, 0.15) is 26.3 Å². The molecular weight excluding hydrogens is 286 g/mol. The molecule has 1 N–H and O–H groups in total. The van der Waals surface area contributed by atoms with Gasteiger partial charge in [0.2, 0.25) is 0 Å². The van der Waals surface area contributed by atoms with E-state index in [2.05, 4.69) is 72.3 Å². The van der Waals surface area contributed by atoms with E-state index < -0.39 is 0 Å². The second kappa shape index (κ2) is 5.15. The van der Waals surface area contributed by atoms with E-state index in [4.69, 9.17) is 0 Å². The summed E-state index contributed by atoms with van der Waals surface area (Å²) in [6.45, 7) is 6.68. The highest BCUT2D eigenvalue weighted by molar-refractivity contribution is 9.10. The molecule has 1 nitrogen and oxygen atoms in total. The predicted molar refractivity (Wildman–Crippen MR) is 82.6 cm³/mol. The van der Waals surface area contributed by atoms with Gasteiger partial charge in [-0.3, -0.25) is 0 Å². The maximum absolute atomic E-state index is 3.54. The number of rotatable bonds is 2. The fourth-order valence-corrected chi connectivity index (χ4v) is 2.16. The topological polar surface area (TPSA) is 12.0 Å². The molecule has 0 aliphatic rings. The quantitative estimate of drug-likeness (QED) is 0.773. The number of anilines is 2. The van der Waals surface area contributed by atoms with Crippen molar-refractivity contribution in [2.45, 2.75) is 26.2 Å². The number of hydrogen-bond acceptors (Lipinski definition) is 1. The Labute approximate surface area is 117 Å². The van der Waals surface area contributed by atoms with E-state index in [0.29, 0.717) is 0 Å². The van der Waals surface area contributed by atoms with E-state index in [0.717, 1.165) is 15.8 Å². The highest BCUT2D eigenvalue weighted by Crippen LogP contribution is 2.27. The van der Waals surface area contributed by atoms with Crippen LogP contribution in [0.3, 0.4) is 0 Å². The highest BCUT2D eigenvalue weighted by atomic mass is 79.9. The van der Waals surface area contributed by atoms with Gasteiger partial charge in [0.25, 0.3) is 0 Å². The van der Waals surface area contributed by atoms with Crippen LogP contribution in [-0.4, -0.2) is 0 Å². The third-order valence-electron chi connectivity index (χ3n) is 2.90. The van der Waals surface area contributed by atoms with Crippen LogP contribution in [0.15, 0.2) is 53.0 Å². The first kappa shape index (κ1) is 13.2. The molecule has 0 aliphatic heterocycles. The summed E-state index contributed by atoms with van der Waals surface area (Å²) in [4.78, 5) is 0. The molecule has 0 bridgehead atoms. The Morgan fingerprint density at radius 3 is 2.06 bits per heavy atom. The van der Waals surface area contributed by atoms with Gasteiger partial charge in [0.1, 0.15) is 0 Å². The summed E-state index contributed by atoms with van der Waals surface area (Å²) in [5.41, 5.74) is 3.74. The van der Waals surface area contributed by atoms with Crippen molar-refractivity contribution in [2.75, 3.05) is 5.32 Å². The van der Waals surface area contributed by atoms with Gasteiger partial charge in [-0.05, 0) is 51.2 Å². The minimum Gasteiger partial charge on any atom is -0.355 e. The zero-order chi connectivity index (χ0) is 13.2. The third kappa shape index (κ3) is 3.14. The Morgan fingerprint density at radius 1 is 0.889 bits per heavy atom. The Kier molecular flexibility index (Phi) is 3.76. The molecule has 0 unspecified atom stereocenters. The Morgan fingerprint density at radius 2 is 1.50 bits per heavy atom. The lowest BCUT2D eigenvalue weighted by molar-refractivity contribution is 0.590. The molecule has 0 fully saturated rings. The summed E-state index contributed by atoms with van der Waals surface area (Å²) in [5.74, 6) is 0. The molecule has 0 amide bonds. The third-order valence-corrected chi connectivity index (χ3v) is 3.60. The standard InChI is InChI=1S/C16H18BrN/c1-16(2,3)12-8-10-13(11-9-12)18-15-7-5-4-6-14(15)17/h4-11,18H,1-3H3. The highest BCUT2D eigenvalue weighted by Gasteiger charge is 2.12. The second-order valence-electron chi connectivity index (χ2n) is 5.43. The summed E-state index contributed by atoms with van der Waals surface area (Å²) >= 11 is 3.54. The first-order valence-corrected chi connectivity index (χ1v) is 6.88. The molecule has 0 saturated heterocycles. The molecule has 94 valence electrons. The van der Waals surface area contributed by atoms with Crippen molar-refractivity contribution in [3.05, 3.63) is 58.6 Å². The normalized spacial score (nSPS) is 11.3. The van der Waals surface area contributed by atoms with Gasteiger partial charge in [-0.2, -0.15) is 0 Å². The average molecular weight is 304 g/mol. The molecule has 2 aromatic rings. The molecule has 0 aromatic heterocycles. The molecule has 0 atom stereocenters. The van der Waals surface area contributed by atoms with E-state index in [9.17, 15) is 0 Å².